The summed E-state index contributed by atoms with van der Waals surface area (Å²) < 4.78 is 16.9. The summed E-state index contributed by atoms with van der Waals surface area (Å²) in [7, 11) is 0. The van der Waals surface area contributed by atoms with E-state index in [1.807, 2.05) is 30.5 Å². The Bertz CT molecular complexity index is 1050. The van der Waals surface area contributed by atoms with Crippen molar-refractivity contribution in [3.63, 3.8) is 0 Å². The van der Waals surface area contributed by atoms with Gasteiger partial charge >= 0.3 is 0 Å². The quantitative estimate of drug-likeness (QED) is 0.583. The number of hydrogen-bond donors (Lipinski definition) is 1. The number of thiazole rings is 1. The zero-order valence-corrected chi connectivity index (χ0v) is 18.0. The van der Waals surface area contributed by atoms with Gasteiger partial charge in [-0.3, -0.25) is 4.79 Å². The molecule has 0 atom stereocenters. The van der Waals surface area contributed by atoms with E-state index in [2.05, 4.69) is 10.3 Å². The number of nitrogens with zero attached hydrogens (tertiary/aromatic N) is 1. The number of carbonyl (C=O) groups is 1. The molecule has 0 saturated carbocycles. The standard InChI is InChI=1S/C22H21ClN2O4S/c1-14-25-17(13-30-14)12-29-18-4-2-3-16(11-18)22(26)24-6-5-15-9-19(23)21-20(10-15)27-7-8-28-21/h2-4,9-11,13H,5-8,12H2,1H3,(H,24,26). The largest absolute Gasteiger partial charge is 0.487 e. The molecule has 156 valence electrons. The zero-order valence-electron chi connectivity index (χ0n) is 16.4. The molecule has 2 aromatic carbocycles. The maximum absolute atomic E-state index is 12.5. The second-order valence-corrected chi connectivity index (χ2v) is 8.25. The molecule has 6 nitrogen and oxygen atoms in total. The number of benzene rings is 2. The molecule has 0 unspecified atom stereocenters. The third-order valence-electron chi connectivity index (χ3n) is 4.51. The predicted molar refractivity (Wildman–Crippen MR) is 116 cm³/mol. The van der Waals surface area contributed by atoms with Crippen LogP contribution in [0.4, 0.5) is 0 Å². The van der Waals surface area contributed by atoms with E-state index in [0.717, 1.165) is 16.3 Å². The van der Waals surface area contributed by atoms with Crippen LogP contribution >= 0.6 is 22.9 Å². The summed E-state index contributed by atoms with van der Waals surface area (Å²) >= 11 is 7.85. The molecule has 3 aromatic rings. The van der Waals surface area contributed by atoms with E-state index >= 15 is 0 Å². The molecule has 1 amide bonds. The fourth-order valence-corrected chi connectivity index (χ4v) is 3.98. The molecule has 0 fully saturated rings. The van der Waals surface area contributed by atoms with Crippen molar-refractivity contribution in [3.05, 3.63) is 68.6 Å². The number of aryl methyl sites for hydroxylation is 1. The van der Waals surface area contributed by atoms with Crippen LogP contribution in [0.25, 0.3) is 0 Å². The molecule has 0 spiro atoms. The van der Waals surface area contributed by atoms with Crippen molar-refractivity contribution in [1.82, 2.24) is 10.3 Å². The van der Waals surface area contributed by atoms with Crippen molar-refractivity contribution in [3.8, 4) is 17.2 Å². The molecule has 0 saturated heterocycles. The number of nitrogens with one attached hydrogen (secondary N) is 1. The minimum atomic E-state index is -0.159. The number of ether oxygens (including phenoxy) is 3. The first kappa shape index (κ1) is 20.5. The molecule has 2 heterocycles. The van der Waals surface area contributed by atoms with Crippen LogP contribution in [0.1, 0.15) is 26.6 Å². The fourth-order valence-electron chi connectivity index (χ4n) is 3.09. The molecule has 8 heteroatoms. The van der Waals surface area contributed by atoms with Crippen LogP contribution in [0.3, 0.4) is 0 Å². The van der Waals surface area contributed by atoms with Gasteiger partial charge in [-0.15, -0.1) is 11.3 Å². The first-order chi connectivity index (χ1) is 14.6. The second kappa shape index (κ2) is 9.36. The monoisotopic (exact) mass is 444 g/mol. The Balaban J connectivity index is 1.31. The highest BCUT2D eigenvalue weighted by atomic mass is 35.5. The minimum absolute atomic E-state index is 0.159. The molecule has 0 aliphatic carbocycles. The van der Waals surface area contributed by atoms with Gasteiger partial charge in [0.1, 0.15) is 25.6 Å². The number of carbonyl (C=O) groups excluding carboxylic acids is 1. The lowest BCUT2D eigenvalue weighted by Gasteiger charge is -2.20. The third-order valence-corrected chi connectivity index (χ3v) is 5.61. The number of amides is 1. The number of fused-ring (bicyclic) bond motifs is 1. The average Bonchev–Trinajstić information content (AvgIpc) is 3.18. The molecule has 0 radical (unpaired) electrons. The van der Waals surface area contributed by atoms with Gasteiger partial charge in [-0.1, -0.05) is 17.7 Å². The van der Waals surface area contributed by atoms with Gasteiger partial charge in [-0.25, -0.2) is 4.98 Å². The van der Waals surface area contributed by atoms with Gasteiger partial charge in [0.2, 0.25) is 0 Å². The Hall–Kier alpha value is -2.77. The maximum Gasteiger partial charge on any atom is 0.251 e. The Labute approximate surface area is 183 Å². The molecule has 30 heavy (non-hydrogen) atoms. The van der Waals surface area contributed by atoms with Gasteiger partial charge in [0.05, 0.1) is 15.7 Å². The summed E-state index contributed by atoms with van der Waals surface area (Å²) in [5.74, 6) is 1.70. The summed E-state index contributed by atoms with van der Waals surface area (Å²) in [5, 5.41) is 6.42. The maximum atomic E-state index is 12.5. The Morgan fingerprint density at radius 2 is 2.13 bits per heavy atom. The van der Waals surface area contributed by atoms with E-state index in [9.17, 15) is 4.79 Å². The first-order valence-corrected chi connectivity index (χ1v) is 10.8. The van der Waals surface area contributed by atoms with E-state index in [1.165, 1.54) is 0 Å². The number of aromatic nitrogens is 1. The highest BCUT2D eigenvalue weighted by Gasteiger charge is 2.16. The molecule has 1 aliphatic rings. The van der Waals surface area contributed by atoms with Crippen molar-refractivity contribution in [2.24, 2.45) is 0 Å². The molecular weight excluding hydrogens is 424 g/mol. The van der Waals surface area contributed by atoms with Crippen molar-refractivity contribution >= 4 is 28.8 Å². The molecule has 0 bridgehead atoms. The van der Waals surface area contributed by atoms with Crippen molar-refractivity contribution < 1.29 is 19.0 Å². The second-order valence-electron chi connectivity index (χ2n) is 6.78. The molecule has 1 aliphatic heterocycles. The van der Waals surface area contributed by atoms with Crippen molar-refractivity contribution in [1.29, 1.82) is 0 Å². The topological polar surface area (TPSA) is 69.7 Å². The summed E-state index contributed by atoms with van der Waals surface area (Å²) in [5.41, 5.74) is 2.40. The van der Waals surface area contributed by atoms with E-state index in [4.69, 9.17) is 25.8 Å². The van der Waals surface area contributed by atoms with E-state index in [1.54, 1.807) is 29.5 Å². The normalized spacial score (nSPS) is 12.5. The highest BCUT2D eigenvalue weighted by molar-refractivity contribution is 7.09. The van der Waals surface area contributed by atoms with E-state index in [-0.39, 0.29) is 5.91 Å². The molecule has 4 rings (SSSR count). The van der Waals surface area contributed by atoms with Crippen LogP contribution in [0, 0.1) is 6.92 Å². The first-order valence-electron chi connectivity index (χ1n) is 9.58. The van der Waals surface area contributed by atoms with Gasteiger partial charge < -0.3 is 19.5 Å². The number of rotatable bonds is 7. The lowest BCUT2D eigenvalue weighted by Crippen LogP contribution is -2.25. The van der Waals surface area contributed by atoms with Crippen LogP contribution < -0.4 is 19.5 Å². The van der Waals surface area contributed by atoms with Gasteiger partial charge in [0.15, 0.2) is 11.5 Å². The van der Waals surface area contributed by atoms with Crippen molar-refractivity contribution in [2.75, 3.05) is 19.8 Å². The Kier molecular flexibility index (Phi) is 6.40. The van der Waals surface area contributed by atoms with Crippen LogP contribution in [-0.2, 0) is 13.0 Å². The number of halogens is 1. The lowest BCUT2D eigenvalue weighted by atomic mass is 10.1. The van der Waals surface area contributed by atoms with Crippen LogP contribution in [0.5, 0.6) is 17.2 Å². The molecular formula is C22H21ClN2O4S. The summed E-state index contributed by atoms with van der Waals surface area (Å²) in [6.07, 6.45) is 0.626. The van der Waals surface area contributed by atoms with Crippen LogP contribution in [0.15, 0.2) is 41.8 Å². The van der Waals surface area contributed by atoms with Crippen molar-refractivity contribution in [2.45, 2.75) is 20.0 Å². The average molecular weight is 445 g/mol. The lowest BCUT2D eigenvalue weighted by molar-refractivity contribution is 0.0953. The van der Waals surface area contributed by atoms with Gasteiger partial charge in [0, 0.05) is 17.5 Å². The Morgan fingerprint density at radius 1 is 1.27 bits per heavy atom. The van der Waals surface area contributed by atoms with Crippen LogP contribution in [0.2, 0.25) is 5.02 Å². The fraction of sp³-hybridized carbons (Fsp3) is 0.273. The minimum Gasteiger partial charge on any atom is -0.487 e. The molecule has 1 aromatic heterocycles. The van der Waals surface area contributed by atoms with Crippen LogP contribution in [-0.4, -0.2) is 30.6 Å². The smallest absolute Gasteiger partial charge is 0.251 e. The SMILES string of the molecule is Cc1nc(COc2cccc(C(=O)NCCc3cc(Cl)c4c(c3)OCCO4)c2)cs1. The van der Waals surface area contributed by atoms with Gasteiger partial charge in [0.25, 0.3) is 5.91 Å². The van der Waals surface area contributed by atoms with E-state index in [0.29, 0.717) is 60.6 Å². The van der Waals surface area contributed by atoms with Gasteiger partial charge in [-0.05, 0) is 49.2 Å². The predicted octanol–water partition coefficient (Wildman–Crippen LogP) is 4.43. The third kappa shape index (κ3) is 5.04. The van der Waals surface area contributed by atoms with Gasteiger partial charge in [-0.2, -0.15) is 0 Å². The Morgan fingerprint density at radius 3 is 2.97 bits per heavy atom. The number of hydrogen-bond acceptors (Lipinski definition) is 6. The highest BCUT2D eigenvalue weighted by Crippen LogP contribution is 2.38. The summed E-state index contributed by atoms with van der Waals surface area (Å²) in [6, 6.07) is 10.9. The summed E-state index contributed by atoms with van der Waals surface area (Å²) in [4.78, 5) is 16.9. The van der Waals surface area contributed by atoms with E-state index < -0.39 is 0 Å². The zero-order chi connectivity index (χ0) is 20.9. The summed E-state index contributed by atoms with van der Waals surface area (Å²) in [6.45, 7) is 3.80. The molecule has 1 N–H and O–H groups in total.